The Morgan fingerprint density at radius 2 is 1.24 bits per heavy atom. The molecular formula is C25H48N4+2. The zero-order chi connectivity index (χ0) is 21.2. The molecule has 0 amide bonds. The van der Waals surface area contributed by atoms with Crippen molar-refractivity contribution in [2.45, 2.75) is 110 Å². The van der Waals surface area contributed by atoms with E-state index in [1.165, 1.54) is 96.6 Å². The average Bonchev–Trinajstić information content (AvgIpc) is 3.32. The van der Waals surface area contributed by atoms with Crippen LogP contribution in [0.25, 0.3) is 0 Å². The van der Waals surface area contributed by atoms with Gasteiger partial charge in [0.1, 0.15) is 24.8 Å². The first-order chi connectivity index (χ1) is 14.2. The lowest BCUT2D eigenvalue weighted by Gasteiger charge is -1.99. The van der Waals surface area contributed by atoms with Crippen molar-refractivity contribution in [3.05, 3.63) is 37.4 Å². The molecule has 2 heterocycles. The minimum Gasteiger partial charge on any atom is -0.240 e. The molecule has 4 nitrogen and oxygen atoms in total. The van der Waals surface area contributed by atoms with Crippen LogP contribution in [0.2, 0.25) is 0 Å². The summed E-state index contributed by atoms with van der Waals surface area (Å²) in [5, 5.41) is 0. The molecule has 0 fully saturated rings. The third-order valence-electron chi connectivity index (χ3n) is 5.44. The van der Waals surface area contributed by atoms with Gasteiger partial charge in [0, 0.05) is 0 Å². The van der Waals surface area contributed by atoms with Gasteiger partial charge in [0.15, 0.2) is 0 Å². The van der Waals surface area contributed by atoms with Gasteiger partial charge in [0.2, 0.25) is 12.7 Å². The van der Waals surface area contributed by atoms with Crippen LogP contribution in [0, 0.1) is 0 Å². The van der Waals surface area contributed by atoms with Gasteiger partial charge in [-0.2, -0.15) is 0 Å². The lowest BCUT2D eigenvalue weighted by Crippen LogP contribution is -2.30. The predicted molar refractivity (Wildman–Crippen MR) is 123 cm³/mol. The van der Waals surface area contributed by atoms with Gasteiger partial charge in [0.05, 0.1) is 27.2 Å². The standard InChI is InChI=1S/C13H25N2.C12H23N2/c1-3-4-5-6-7-8-9-10-15-12-11-14(2)13-15;1-3-4-5-6-7-8-9-14-11-10-13(2)12-14/h11-13H,3-10H2,1-2H3;10-12H,3-9H2,1-2H3/q2*+1. The lowest BCUT2D eigenvalue weighted by molar-refractivity contribution is -0.696. The monoisotopic (exact) mass is 404 g/mol. The van der Waals surface area contributed by atoms with Gasteiger partial charge >= 0.3 is 0 Å². The van der Waals surface area contributed by atoms with Gasteiger partial charge < -0.3 is 0 Å². The largest absolute Gasteiger partial charge is 0.243 e. The molecule has 0 spiro atoms. The summed E-state index contributed by atoms with van der Waals surface area (Å²) >= 11 is 0. The normalized spacial score (nSPS) is 10.8. The van der Waals surface area contributed by atoms with E-state index in [-0.39, 0.29) is 0 Å². The smallest absolute Gasteiger partial charge is 0.240 e. The number of hydrogen-bond donors (Lipinski definition) is 0. The molecule has 2 rings (SSSR count). The fraction of sp³-hybridized carbons (Fsp3) is 0.760. The number of hydrogen-bond acceptors (Lipinski definition) is 0. The lowest BCUT2D eigenvalue weighted by atomic mass is 10.1. The van der Waals surface area contributed by atoms with Crippen LogP contribution in [-0.2, 0) is 27.2 Å². The number of unbranched alkanes of at least 4 members (excludes halogenated alkanes) is 11. The molecule has 0 aliphatic rings. The van der Waals surface area contributed by atoms with Crippen molar-refractivity contribution in [3.63, 3.8) is 0 Å². The highest BCUT2D eigenvalue weighted by Gasteiger charge is 1.99. The quantitative estimate of drug-likeness (QED) is 0.266. The zero-order valence-corrected chi connectivity index (χ0v) is 19.9. The Balaban J connectivity index is 0.000000291. The van der Waals surface area contributed by atoms with Crippen molar-refractivity contribution in [2.24, 2.45) is 14.1 Å². The summed E-state index contributed by atoms with van der Waals surface area (Å²) in [5.74, 6) is 0. The fourth-order valence-electron chi connectivity index (χ4n) is 3.59. The first kappa shape index (κ1) is 25.5. The maximum atomic E-state index is 2.27. The molecule has 29 heavy (non-hydrogen) atoms. The van der Waals surface area contributed by atoms with Crippen LogP contribution in [-0.4, -0.2) is 9.13 Å². The second kappa shape index (κ2) is 17.3. The Labute approximate surface area is 180 Å². The molecule has 0 bridgehead atoms. The van der Waals surface area contributed by atoms with Crippen LogP contribution in [0.3, 0.4) is 0 Å². The van der Waals surface area contributed by atoms with Crippen molar-refractivity contribution in [1.82, 2.24) is 9.13 Å². The number of aromatic nitrogens is 4. The highest BCUT2D eigenvalue weighted by molar-refractivity contribution is 4.65. The summed E-state index contributed by atoms with van der Waals surface area (Å²) < 4.78 is 8.73. The highest BCUT2D eigenvalue weighted by atomic mass is 15.1. The van der Waals surface area contributed by atoms with Crippen LogP contribution in [0.1, 0.15) is 97.3 Å². The molecule has 2 aromatic rings. The third-order valence-corrected chi connectivity index (χ3v) is 5.44. The number of nitrogens with zero attached hydrogens (tertiary/aromatic N) is 4. The molecule has 0 saturated carbocycles. The van der Waals surface area contributed by atoms with E-state index in [0.717, 1.165) is 0 Å². The minimum atomic E-state index is 1.17. The van der Waals surface area contributed by atoms with E-state index in [2.05, 4.69) is 83.7 Å². The van der Waals surface area contributed by atoms with Crippen LogP contribution >= 0.6 is 0 Å². The van der Waals surface area contributed by atoms with E-state index < -0.39 is 0 Å². The summed E-state index contributed by atoms with van der Waals surface area (Å²) in [6, 6.07) is 0. The molecule has 2 aromatic heterocycles. The summed E-state index contributed by atoms with van der Waals surface area (Å²) in [4.78, 5) is 0. The molecule has 0 unspecified atom stereocenters. The van der Waals surface area contributed by atoms with Gasteiger partial charge in [0.25, 0.3) is 0 Å². The molecule has 0 aliphatic heterocycles. The molecular weight excluding hydrogens is 356 g/mol. The van der Waals surface area contributed by atoms with E-state index in [9.17, 15) is 0 Å². The minimum absolute atomic E-state index is 1.17. The predicted octanol–water partition coefficient (Wildman–Crippen LogP) is 5.74. The van der Waals surface area contributed by atoms with Crippen molar-refractivity contribution >= 4 is 0 Å². The van der Waals surface area contributed by atoms with Crippen molar-refractivity contribution in [1.29, 1.82) is 0 Å². The topological polar surface area (TPSA) is 17.6 Å². The van der Waals surface area contributed by atoms with E-state index in [4.69, 9.17) is 0 Å². The molecule has 4 heteroatoms. The van der Waals surface area contributed by atoms with E-state index >= 15 is 0 Å². The average molecular weight is 405 g/mol. The van der Waals surface area contributed by atoms with E-state index in [0.29, 0.717) is 0 Å². The third kappa shape index (κ3) is 14.1. The van der Waals surface area contributed by atoms with Crippen LogP contribution < -0.4 is 9.13 Å². The van der Waals surface area contributed by atoms with Gasteiger partial charge in [-0.05, 0) is 25.7 Å². The number of imidazole rings is 2. The molecule has 166 valence electrons. The number of rotatable bonds is 15. The Morgan fingerprint density at radius 1 is 0.655 bits per heavy atom. The SMILES string of the molecule is CCCCCCCCCn1cc[n+](C)c1.CCCCCCCC[n+]1ccn(C)c1. The molecule has 0 N–H and O–H groups in total. The second-order valence-electron chi connectivity index (χ2n) is 8.52. The Morgan fingerprint density at radius 3 is 1.76 bits per heavy atom. The second-order valence-corrected chi connectivity index (χ2v) is 8.52. The van der Waals surface area contributed by atoms with Gasteiger partial charge in [-0.15, -0.1) is 0 Å². The van der Waals surface area contributed by atoms with Crippen LogP contribution in [0.4, 0.5) is 0 Å². The van der Waals surface area contributed by atoms with Crippen molar-refractivity contribution in [2.75, 3.05) is 0 Å². The number of aryl methyl sites for hydroxylation is 4. The molecule has 0 aromatic carbocycles. The fourth-order valence-corrected chi connectivity index (χ4v) is 3.59. The van der Waals surface area contributed by atoms with Gasteiger partial charge in [-0.25, -0.2) is 18.3 Å². The first-order valence-electron chi connectivity index (χ1n) is 12.2. The van der Waals surface area contributed by atoms with Gasteiger partial charge in [-0.1, -0.05) is 71.6 Å². The summed E-state index contributed by atoms with van der Waals surface area (Å²) in [5.41, 5.74) is 0. The summed E-state index contributed by atoms with van der Waals surface area (Å²) in [6.45, 7) is 6.88. The molecule has 0 radical (unpaired) electrons. The first-order valence-corrected chi connectivity index (χ1v) is 12.2. The Kier molecular flexibility index (Phi) is 15.2. The van der Waals surface area contributed by atoms with Crippen LogP contribution in [0.5, 0.6) is 0 Å². The van der Waals surface area contributed by atoms with Crippen molar-refractivity contribution < 1.29 is 9.13 Å². The molecule has 0 aliphatic carbocycles. The summed E-state index contributed by atoms with van der Waals surface area (Å²) in [7, 11) is 4.14. The zero-order valence-electron chi connectivity index (χ0n) is 19.9. The summed E-state index contributed by atoms with van der Waals surface area (Å²) in [6.07, 6.45) is 30.8. The Bertz CT molecular complexity index is 599. The maximum Gasteiger partial charge on any atom is 0.243 e. The van der Waals surface area contributed by atoms with Gasteiger partial charge in [-0.3, -0.25) is 0 Å². The maximum absolute atomic E-state index is 2.27. The van der Waals surface area contributed by atoms with E-state index in [1.54, 1.807) is 0 Å². The van der Waals surface area contributed by atoms with E-state index in [1.807, 2.05) is 0 Å². The highest BCUT2D eigenvalue weighted by Crippen LogP contribution is 2.07. The molecule has 0 saturated heterocycles. The van der Waals surface area contributed by atoms with Crippen molar-refractivity contribution in [3.8, 4) is 0 Å². The molecule has 0 atom stereocenters. The van der Waals surface area contributed by atoms with Crippen LogP contribution in [0.15, 0.2) is 37.4 Å². The Hall–Kier alpha value is -1.58.